The van der Waals surface area contributed by atoms with Gasteiger partial charge in [-0.3, -0.25) is 14.4 Å². The van der Waals surface area contributed by atoms with Crippen molar-refractivity contribution in [1.82, 2.24) is 20.2 Å². The molecule has 1 aliphatic heterocycles. The maximum atomic E-state index is 15.2. The van der Waals surface area contributed by atoms with E-state index in [1.165, 1.54) is 22.3 Å². The lowest BCUT2D eigenvalue weighted by Gasteiger charge is -2.38. The van der Waals surface area contributed by atoms with E-state index in [9.17, 15) is 19.5 Å². The molecule has 3 heterocycles. The first-order valence-electron chi connectivity index (χ1n) is 16.8. The van der Waals surface area contributed by atoms with E-state index in [-0.39, 0.29) is 42.6 Å². The minimum atomic E-state index is -0.943. The molecule has 2 N–H and O–H groups in total. The number of nitrogens with zero attached hydrogens (tertiary/aromatic N) is 3. The largest absolute Gasteiger partial charge is 0.494 e. The van der Waals surface area contributed by atoms with Crippen molar-refractivity contribution in [1.29, 1.82) is 0 Å². The number of thiophene rings is 1. The summed E-state index contributed by atoms with van der Waals surface area (Å²) in [5.41, 5.74) is 3.95. The molecule has 11 heteroatoms. The number of benzene rings is 3. The number of halogens is 1. The molecule has 0 radical (unpaired) electrons. The third-order valence-corrected chi connectivity index (χ3v) is 10.3. The van der Waals surface area contributed by atoms with E-state index < -0.39 is 17.9 Å². The van der Waals surface area contributed by atoms with Gasteiger partial charge in [-0.2, -0.15) is 0 Å². The van der Waals surface area contributed by atoms with E-state index in [1.54, 1.807) is 24.5 Å². The Bertz CT molecular complexity index is 2030. The molecule has 0 bridgehead atoms. The number of rotatable bonds is 11. The van der Waals surface area contributed by atoms with Gasteiger partial charge in [0.1, 0.15) is 17.6 Å². The first kappa shape index (κ1) is 35.4. The Morgan fingerprint density at radius 2 is 1.57 bits per heavy atom. The van der Waals surface area contributed by atoms with Gasteiger partial charge in [-0.05, 0) is 59.4 Å². The highest BCUT2D eigenvalue weighted by atomic mass is 32.1. The van der Waals surface area contributed by atoms with E-state index >= 15 is 4.39 Å². The molecule has 0 aliphatic carbocycles. The number of hydrogen-bond donors (Lipinski definition) is 2. The van der Waals surface area contributed by atoms with Crippen LogP contribution in [0.15, 0.2) is 91.3 Å². The number of carboxylic acids is 1. The van der Waals surface area contributed by atoms with Gasteiger partial charge in [0.2, 0.25) is 5.91 Å². The third kappa shape index (κ3) is 8.15. The molecule has 0 spiro atoms. The number of nitrogens with one attached hydrogen (secondary N) is 1. The Labute approximate surface area is 300 Å². The molecular weight excluding hydrogens is 668 g/mol. The Kier molecular flexibility index (Phi) is 10.3. The van der Waals surface area contributed by atoms with Crippen molar-refractivity contribution in [3.63, 3.8) is 0 Å². The highest BCUT2D eigenvalue weighted by Crippen LogP contribution is 2.31. The Morgan fingerprint density at radius 1 is 0.922 bits per heavy atom. The number of carbonyl (C=O) groups excluding carboxylic acids is 2. The molecule has 0 unspecified atom stereocenters. The van der Waals surface area contributed by atoms with E-state index in [2.05, 4.69) is 36.1 Å². The van der Waals surface area contributed by atoms with Gasteiger partial charge in [-0.1, -0.05) is 69.3 Å². The summed E-state index contributed by atoms with van der Waals surface area (Å²) in [5, 5.41) is 12.2. The number of aliphatic carboxylic acids is 1. The first-order valence-corrected chi connectivity index (χ1v) is 17.6. The van der Waals surface area contributed by atoms with Gasteiger partial charge < -0.3 is 20.1 Å². The van der Waals surface area contributed by atoms with Crippen molar-refractivity contribution in [3.8, 4) is 39.4 Å². The molecule has 2 amide bonds. The number of carbonyl (C=O) groups is 3. The average Bonchev–Trinajstić information content (AvgIpc) is 3.60. The molecule has 1 atom stereocenters. The summed E-state index contributed by atoms with van der Waals surface area (Å²) >= 11 is 1.39. The van der Waals surface area contributed by atoms with Crippen LogP contribution in [0.1, 0.15) is 47.8 Å². The second-order valence-corrected chi connectivity index (χ2v) is 14.7. The monoisotopic (exact) mass is 706 g/mol. The van der Waals surface area contributed by atoms with Crippen molar-refractivity contribution in [2.75, 3.05) is 19.7 Å². The summed E-state index contributed by atoms with van der Waals surface area (Å²) in [6, 6.07) is 22.7. The molecule has 1 aliphatic rings. The SMILES string of the molecule is CCOc1ccc(-c2ccc(-c3cnc(-c4ccc(C[C@H](NC(=O)c5ccc(C(C)(C)C)s5)C(=O)N5CC(C(=O)O)C5)cc4)nc3)c(F)c2)cc1. The zero-order valence-electron chi connectivity index (χ0n) is 28.9. The van der Waals surface area contributed by atoms with E-state index in [0.29, 0.717) is 28.4 Å². The van der Waals surface area contributed by atoms with Gasteiger partial charge in [0.25, 0.3) is 5.91 Å². The predicted octanol–water partition coefficient (Wildman–Crippen LogP) is 7.26. The van der Waals surface area contributed by atoms with Crippen LogP contribution in [0.5, 0.6) is 5.75 Å². The van der Waals surface area contributed by atoms with Crippen LogP contribution in [0.4, 0.5) is 4.39 Å². The standard InChI is InChI=1S/C40H39FN4O5S/c1-5-50-30-13-10-25(11-14-30)27-12-15-31(32(41)19-27)28-20-42-36(43-21-28)26-8-6-24(7-9-26)18-33(38(47)45-22-29(23-45)39(48)49)44-37(46)34-16-17-35(51-34)40(2,3)4/h6-17,19-21,29,33H,5,18,22-23H2,1-4H3,(H,44,46)(H,48,49)/t33-/m0/s1. The van der Waals surface area contributed by atoms with Crippen LogP contribution in [-0.4, -0.2) is 63.5 Å². The molecule has 6 rings (SSSR count). The highest BCUT2D eigenvalue weighted by molar-refractivity contribution is 7.14. The van der Waals surface area contributed by atoms with Crippen LogP contribution < -0.4 is 10.1 Å². The molecule has 5 aromatic rings. The minimum absolute atomic E-state index is 0.108. The number of amides is 2. The first-order chi connectivity index (χ1) is 24.4. The molecule has 3 aromatic carbocycles. The Morgan fingerprint density at radius 3 is 2.16 bits per heavy atom. The van der Waals surface area contributed by atoms with Crippen molar-refractivity contribution in [2.45, 2.75) is 45.6 Å². The average molecular weight is 707 g/mol. The van der Waals surface area contributed by atoms with Crippen LogP contribution in [0.2, 0.25) is 0 Å². The summed E-state index contributed by atoms with van der Waals surface area (Å²) in [5.74, 6) is -1.40. The van der Waals surface area contributed by atoms with Crippen LogP contribution in [0.3, 0.4) is 0 Å². The number of ether oxygens (including phenoxy) is 1. The number of carboxylic acid groups (broad SMARTS) is 1. The normalized spacial score (nSPS) is 13.7. The van der Waals surface area contributed by atoms with Gasteiger partial charge in [0.15, 0.2) is 5.82 Å². The van der Waals surface area contributed by atoms with E-state index in [4.69, 9.17) is 4.74 Å². The Balaban J connectivity index is 1.14. The van der Waals surface area contributed by atoms with Gasteiger partial charge in [0, 0.05) is 53.5 Å². The van der Waals surface area contributed by atoms with Crippen molar-refractivity contribution < 1.29 is 28.6 Å². The quantitative estimate of drug-likeness (QED) is 0.148. The third-order valence-electron chi connectivity index (χ3n) is 8.80. The lowest BCUT2D eigenvalue weighted by atomic mass is 9.95. The zero-order chi connectivity index (χ0) is 36.3. The fraction of sp³-hybridized carbons (Fsp3) is 0.275. The maximum Gasteiger partial charge on any atom is 0.310 e. The second-order valence-electron chi connectivity index (χ2n) is 13.6. The molecular formula is C40H39FN4O5S. The lowest BCUT2D eigenvalue weighted by Crippen LogP contribution is -2.59. The molecule has 51 heavy (non-hydrogen) atoms. The molecule has 1 fully saturated rings. The van der Waals surface area contributed by atoms with Crippen LogP contribution >= 0.6 is 11.3 Å². The van der Waals surface area contributed by atoms with Crippen LogP contribution in [-0.2, 0) is 21.4 Å². The fourth-order valence-corrected chi connectivity index (χ4v) is 6.78. The molecule has 9 nitrogen and oxygen atoms in total. The van der Waals surface area contributed by atoms with Crippen molar-refractivity contribution in [3.05, 3.63) is 112 Å². The van der Waals surface area contributed by atoms with Crippen molar-refractivity contribution in [2.24, 2.45) is 5.92 Å². The molecule has 262 valence electrons. The molecule has 0 saturated carbocycles. The van der Waals surface area contributed by atoms with Gasteiger partial charge in [0.05, 0.1) is 17.4 Å². The lowest BCUT2D eigenvalue weighted by molar-refractivity contribution is -0.153. The summed E-state index contributed by atoms with van der Waals surface area (Å²) < 4.78 is 20.7. The van der Waals surface area contributed by atoms with Crippen LogP contribution in [0, 0.1) is 11.7 Å². The van der Waals surface area contributed by atoms with Crippen molar-refractivity contribution >= 4 is 29.1 Å². The molecule has 2 aromatic heterocycles. The van der Waals surface area contributed by atoms with E-state index in [1.807, 2.05) is 67.6 Å². The minimum Gasteiger partial charge on any atom is -0.494 e. The smallest absolute Gasteiger partial charge is 0.310 e. The summed E-state index contributed by atoms with van der Waals surface area (Å²) in [6.07, 6.45) is 3.38. The summed E-state index contributed by atoms with van der Waals surface area (Å²) in [4.78, 5) is 50.1. The molecule has 1 saturated heterocycles. The summed E-state index contributed by atoms with van der Waals surface area (Å²) in [7, 11) is 0. The zero-order valence-corrected chi connectivity index (χ0v) is 29.7. The number of hydrogen-bond acceptors (Lipinski definition) is 7. The predicted molar refractivity (Wildman–Crippen MR) is 195 cm³/mol. The van der Waals surface area contributed by atoms with Gasteiger partial charge in [-0.25, -0.2) is 14.4 Å². The van der Waals surface area contributed by atoms with Gasteiger partial charge in [-0.15, -0.1) is 11.3 Å². The second kappa shape index (κ2) is 14.8. The fourth-order valence-electron chi connectivity index (χ4n) is 5.81. The number of likely N-dealkylation sites (tertiary alicyclic amines) is 1. The Hall–Kier alpha value is -5.42. The van der Waals surface area contributed by atoms with Gasteiger partial charge >= 0.3 is 5.97 Å². The van der Waals surface area contributed by atoms with Crippen LogP contribution in [0.25, 0.3) is 33.6 Å². The van der Waals surface area contributed by atoms with E-state index in [0.717, 1.165) is 32.9 Å². The maximum absolute atomic E-state index is 15.2. The summed E-state index contributed by atoms with van der Waals surface area (Å²) in [6.45, 7) is 8.93. The highest BCUT2D eigenvalue weighted by Gasteiger charge is 2.39. The topological polar surface area (TPSA) is 122 Å². The number of aromatic nitrogens is 2.